The summed E-state index contributed by atoms with van der Waals surface area (Å²) in [6, 6.07) is 5.82. The number of hydrogen-bond acceptors (Lipinski definition) is 2. The molecular formula is C6H4BrN3O2S. The van der Waals surface area contributed by atoms with E-state index in [1.54, 1.807) is 12.1 Å². The van der Waals surface area contributed by atoms with Gasteiger partial charge in [0.25, 0.3) is 10.0 Å². The van der Waals surface area contributed by atoms with Gasteiger partial charge in [0.2, 0.25) is 0 Å². The molecule has 1 aromatic carbocycles. The van der Waals surface area contributed by atoms with Crippen LogP contribution in [0, 0.1) is 0 Å². The van der Waals surface area contributed by atoms with Crippen molar-refractivity contribution in [1.82, 2.24) is 0 Å². The predicted octanol–water partition coefficient (Wildman–Crippen LogP) is 2.45. The third-order valence-corrected chi connectivity index (χ3v) is 2.94. The average molecular weight is 262 g/mol. The van der Waals surface area contributed by atoms with E-state index < -0.39 is 10.0 Å². The molecule has 5 nitrogen and oxygen atoms in total. The summed E-state index contributed by atoms with van der Waals surface area (Å²) in [5, 5.41) is 0. The van der Waals surface area contributed by atoms with Crippen molar-refractivity contribution in [3.8, 4) is 0 Å². The summed E-state index contributed by atoms with van der Waals surface area (Å²) in [4.78, 5) is 2.21. The van der Waals surface area contributed by atoms with Crippen molar-refractivity contribution in [2.24, 2.45) is 4.52 Å². The Morgan fingerprint density at radius 1 is 1.31 bits per heavy atom. The van der Waals surface area contributed by atoms with Crippen LogP contribution in [0.15, 0.2) is 38.2 Å². The average Bonchev–Trinajstić information content (AvgIpc) is 2.05. The van der Waals surface area contributed by atoms with E-state index in [9.17, 15) is 8.42 Å². The monoisotopic (exact) mass is 261 g/mol. The first-order valence-electron chi connectivity index (χ1n) is 3.13. The minimum absolute atomic E-state index is 0.0199. The fourth-order valence-corrected chi connectivity index (χ4v) is 1.64. The van der Waals surface area contributed by atoms with E-state index in [-0.39, 0.29) is 4.90 Å². The second kappa shape index (κ2) is 3.78. The first-order valence-corrected chi connectivity index (χ1v) is 5.36. The Morgan fingerprint density at radius 2 is 1.85 bits per heavy atom. The third-order valence-electron chi connectivity index (χ3n) is 1.26. The van der Waals surface area contributed by atoms with E-state index in [1.165, 1.54) is 12.1 Å². The second-order valence-corrected chi connectivity index (χ2v) is 4.60. The third kappa shape index (κ3) is 2.45. The van der Waals surface area contributed by atoms with Crippen molar-refractivity contribution >= 4 is 26.0 Å². The van der Waals surface area contributed by atoms with Crippen molar-refractivity contribution in [1.29, 1.82) is 0 Å². The van der Waals surface area contributed by atoms with Crippen LogP contribution in [0.4, 0.5) is 0 Å². The van der Waals surface area contributed by atoms with Gasteiger partial charge in [-0.2, -0.15) is 0 Å². The van der Waals surface area contributed by atoms with Crippen LogP contribution in [0.25, 0.3) is 10.4 Å². The number of benzene rings is 1. The molecule has 0 aliphatic carbocycles. The molecule has 13 heavy (non-hydrogen) atoms. The maximum Gasteiger partial charge on any atom is 0.264 e. The number of halogens is 1. The van der Waals surface area contributed by atoms with Gasteiger partial charge in [0.05, 0.1) is 4.90 Å². The summed E-state index contributed by atoms with van der Waals surface area (Å²) in [7, 11) is -3.84. The molecule has 0 heterocycles. The van der Waals surface area contributed by atoms with Crippen LogP contribution in [-0.2, 0) is 10.0 Å². The smallest absolute Gasteiger partial charge is 0.216 e. The Balaban J connectivity index is 3.24. The standard InChI is InChI=1S/C6H4BrN3O2S/c7-5-1-3-6(4-2-5)13(11,12)10-9-8/h1-4H. The highest BCUT2D eigenvalue weighted by Gasteiger charge is 2.10. The maximum atomic E-state index is 11.1. The molecule has 0 radical (unpaired) electrons. The SMILES string of the molecule is [N-]=[N+]=NS(=O)(=O)c1ccc(Br)cc1. The van der Waals surface area contributed by atoms with Crippen LogP contribution >= 0.6 is 15.9 Å². The first-order chi connectivity index (χ1) is 6.06. The topological polar surface area (TPSA) is 82.9 Å². The summed E-state index contributed by atoms with van der Waals surface area (Å²) >= 11 is 3.15. The quantitative estimate of drug-likeness (QED) is 0.465. The van der Waals surface area contributed by atoms with Gasteiger partial charge in [-0.15, -0.1) is 0 Å². The molecule has 1 rings (SSSR count). The lowest BCUT2D eigenvalue weighted by Gasteiger charge is -1.95. The summed E-state index contributed by atoms with van der Waals surface area (Å²) in [5.74, 6) is 0. The van der Waals surface area contributed by atoms with Gasteiger partial charge in [0, 0.05) is 13.9 Å². The Kier molecular flexibility index (Phi) is 2.92. The highest BCUT2D eigenvalue weighted by molar-refractivity contribution is 9.10. The number of sulfonamides is 1. The fraction of sp³-hybridized carbons (Fsp3) is 0. The van der Waals surface area contributed by atoms with Crippen LogP contribution in [0.1, 0.15) is 0 Å². The molecule has 0 N–H and O–H groups in total. The Morgan fingerprint density at radius 3 is 2.31 bits per heavy atom. The number of nitrogens with zero attached hydrogens (tertiary/aromatic N) is 3. The molecule has 0 aromatic heterocycles. The highest BCUT2D eigenvalue weighted by Crippen LogP contribution is 2.16. The van der Waals surface area contributed by atoms with E-state index >= 15 is 0 Å². The highest BCUT2D eigenvalue weighted by atomic mass is 79.9. The van der Waals surface area contributed by atoms with E-state index in [1.807, 2.05) is 0 Å². The van der Waals surface area contributed by atoms with Gasteiger partial charge in [-0.1, -0.05) is 15.9 Å². The molecular weight excluding hydrogens is 258 g/mol. The largest absolute Gasteiger partial charge is 0.264 e. The van der Waals surface area contributed by atoms with Gasteiger partial charge < -0.3 is 0 Å². The fourth-order valence-electron chi connectivity index (χ4n) is 0.702. The van der Waals surface area contributed by atoms with Gasteiger partial charge in [0.15, 0.2) is 0 Å². The number of rotatable bonds is 2. The molecule has 1 aromatic rings. The number of azide groups is 1. The van der Waals surface area contributed by atoms with Gasteiger partial charge in [-0.05, 0) is 29.8 Å². The van der Waals surface area contributed by atoms with E-state index in [2.05, 4.69) is 25.4 Å². The summed E-state index contributed by atoms with van der Waals surface area (Å²) < 4.78 is 25.7. The van der Waals surface area contributed by atoms with Crippen LogP contribution in [0.5, 0.6) is 0 Å². The molecule has 0 aliphatic heterocycles. The predicted molar refractivity (Wildman–Crippen MR) is 50.5 cm³/mol. The molecule has 0 amide bonds. The maximum absolute atomic E-state index is 11.1. The molecule has 0 spiro atoms. The normalized spacial score (nSPS) is 10.5. The number of hydrogen-bond donors (Lipinski definition) is 0. The van der Waals surface area contributed by atoms with Gasteiger partial charge in [-0.25, -0.2) is 8.42 Å². The van der Waals surface area contributed by atoms with E-state index in [0.29, 0.717) is 0 Å². The van der Waals surface area contributed by atoms with Crippen LogP contribution in [0.3, 0.4) is 0 Å². The lowest BCUT2D eigenvalue weighted by Crippen LogP contribution is -1.93. The first kappa shape index (κ1) is 10.0. The minimum atomic E-state index is -3.84. The van der Waals surface area contributed by atoms with Crippen LogP contribution in [-0.4, -0.2) is 8.42 Å². The van der Waals surface area contributed by atoms with Crippen LogP contribution in [0.2, 0.25) is 0 Å². The Bertz CT molecular complexity index is 447. The zero-order chi connectivity index (χ0) is 9.90. The zero-order valence-corrected chi connectivity index (χ0v) is 8.66. The zero-order valence-electron chi connectivity index (χ0n) is 6.25. The molecule has 0 aliphatic rings. The molecule has 0 saturated heterocycles. The van der Waals surface area contributed by atoms with E-state index in [0.717, 1.165) is 4.47 Å². The summed E-state index contributed by atoms with van der Waals surface area (Å²) in [5.41, 5.74) is 7.99. The van der Waals surface area contributed by atoms with Crippen molar-refractivity contribution in [3.63, 3.8) is 0 Å². The summed E-state index contributed by atoms with van der Waals surface area (Å²) in [6.07, 6.45) is 0. The molecule has 7 heteroatoms. The minimum Gasteiger partial charge on any atom is -0.216 e. The van der Waals surface area contributed by atoms with Crippen molar-refractivity contribution in [2.75, 3.05) is 0 Å². The van der Waals surface area contributed by atoms with Gasteiger partial charge in [0.1, 0.15) is 0 Å². The lowest BCUT2D eigenvalue weighted by molar-refractivity contribution is 0.597. The molecule has 68 valence electrons. The Labute approximate surface area is 83.2 Å². The molecule has 0 fully saturated rings. The summed E-state index contributed by atoms with van der Waals surface area (Å²) in [6.45, 7) is 0. The molecule has 0 bridgehead atoms. The molecule has 0 saturated carbocycles. The van der Waals surface area contributed by atoms with Gasteiger partial charge >= 0.3 is 0 Å². The lowest BCUT2D eigenvalue weighted by atomic mass is 10.4. The van der Waals surface area contributed by atoms with Crippen molar-refractivity contribution in [3.05, 3.63) is 39.2 Å². The second-order valence-electron chi connectivity index (χ2n) is 2.10. The molecule has 0 atom stereocenters. The van der Waals surface area contributed by atoms with Crippen molar-refractivity contribution < 1.29 is 8.42 Å². The van der Waals surface area contributed by atoms with E-state index in [4.69, 9.17) is 5.53 Å². The van der Waals surface area contributed by atoms with Gasteiger partial charge in [-0.3, -0.25) is 0 Å². The Hall–Kier alpha value is -1.04. The van der Waals surface area contributed by atoms with Crippen LogP contribution < -0.4 is 0 Å². The van der Waals surface area contributed by atoms with Crippen molar-refractivity contribution in [2.45, 2.75) is 4.90 Å². The molecule has 0 unspecified atom stereocenters.